The van der Waals surface area contributed by atoms with Crippen LogP contribution < -0.4 is 11.1 Å². The van der Waals surface area contributed by atoms with E-state index in [-0.39, 0.29) is 17.9 Å². The van der Waals surface area contributed by atoms with Gasteiger partial charge in [0.1, 0.15) is 6.04 Å². The van der Waals surface area contributed by atoms with Gasteiger partial charge in [-0.15, -0.1) is 0 Å². The largest absolute Gasteiger partial charge is 0.344 e. The van der Waals surface area contributed by atoms with Crippen molar-refractivity contribution < 1.29 is 9.59 Å². The van der Waals surface area contributed by atoms with E-state index in [1.807, 2.05) is 6.26 Å². The van der Waals surface area contributed by atoms with Gasteiger partial charge in [0, 0.05) is 19.6 Å². The summed E-state index contributed by atoms with van der Waals surface area (Å²) in [5.74, 6) is 0.710. The summed E-state index contributed by atoms with van der Waals surface area (Å²) >= 11 is 7.73. The van der Waals surface area contributed by atoms with Gasteiger partial charge in [0.05, 0.1) is 10.6 Å². The Bertz CT molecular complexity index is 598. The summed E-state index contributed by atoms with van der Waals surface area (Å²) in [6, 6.07) is 6.30. The normalized spacial score (nSPS) is 13.3. The van der Waals surface area contributed by atoms with Crippen molar-refractivity contribution in [3.8, 4) is 0 Å². The fourth-order valence-corrected chi connectivity index (χ4v) is 3.12. The minimum absolute atomic E-state index is 0.0487. The van der Waals surface area contributed by atoms with Gasteiger partial charge < -0.3 is 16.0 Å². The number of nitrogens with two attached hydrogens (primary N) is 1. The smallest absolute Gasteiger partial charge is 0.253 e. The molecule has 1 aromatic rings. The molecular weight excluding hydrogens is 370 g/mol. The predicted octanol–water partition coefficient (Wildman–Crippen LogP) is 3.02. The van der Waals surface area contributed by atoms with Gasteiger partial charge in [0.15, 0.2) is 0 Å². The lowest BCUT2D eigenvalue weighted by Gasteiger charge is -2.26. The second-order valence-corrected chi connectivity index (χ2v) is 8.14. The van der Waals surface area contributed by atoms with E-state index in [2.05, 4.69) is 19.2 Å². The van der Waals surface area contributed by atoms with Crippen LogP contribution in [0.4, 0.5) is 0 Å². The minimum Gasteiger partial charge on any atom is -0.344 e. The average molecular weight is 400 g/mol. The van der Waals surface area contributed by atoms with Crippen molar-refractivity contribution in [2.45, 2.75) is 38.8 Å². The number of carbonyl (C=O) groups excluding carboxylic acids is 2. The van der Waals surface area contributed by atoms with Crippen LogP contribution in [-0.4, -0.2) is 54.4 Å². The SMILES string of the molecule is CSCCC(NC(=O)c1ccccc1Cl)C(=O)N(C)CCC(N)C(C)C. The highest BCUT2D eigenvalue weighted by molar-refractivity contribution is 7.98. The Morgan fingerprint density at radius 2 is 1.92 bits per heavy atom. The van der Waals surface area contributed by atoms with Crippen molar-refractivity contribution in [1.29, 1.82) is 0 Å². The maximum Gasteiger partial charge on any atom is 0.253 e. The van der Waals surface area contributed by atoms with Crippen molar-refractivity contribution in [2.24, 2.45) is 11.7 Å². The third-order valence-electron chi connectivity index (χ3n) is 4.36. The predicted molar refractivity (Wildman–Crippen MR) is 111 cm³/mol. The molecule has 0 spiro atoms. The van der Waals surface area contributed by atoms with Crippen molar-refractivity contribution in [2.75, 3.05) is 25.6 Å². The van der Waals surface area contributed by atoms with Crippen LogP contribution >= 0.6 is 23.4 Å². The van der Waals surface area contributed by atoms with Crippen LogP contribution in [0.2, 0.25) is 5.02 Å². The summed E-state index contributed by atoms with van der Waals surface area (Å²) in [6.07, 6.45) is 3.27. The first-order valence-electron chi connectivity index (χ1n) is 8.82. The van der Waals surface area contributed by atoms with E-state index in [0.717, 1.165) is 12.2 Å². The Morgan fingerprint density at radius 3 is 2.50 bits per heavy atom. The second-order valence-electron chi connectivity index (χ2n) is 6.74. The zero-order valence-corrected chi connectivity index (χ0v) is 17.6. The van der Waals surface area contributed by atoms with Gasteiger partial charge in [-0.3, -0.25) is 9.59 Å². The number of thioether (sulfide) groups is 1. The Morgan fingerprint density at radius 1 is 1.27 bits per heavy atom. The lowest BCUT2D eigenvalue weighted by atomic mass is 10.0. The zero-order valence-electron chi connectivity index (χ0n) is 16.0. The van der Waals surface area contributed by atoms with Gasteiger partial charge >= 0.3 is 0 Å². The van der Waals surface area contributed by atoms with Gasteiger partial charge in [-0.25, -0.2) is 0 Å². The molecule has 0 heterocycles. The molecule has 5 nitrogen and oxygen atoms in total. The monoisotopic (exact) mass is 399 g/mol. The van der Waals surface area contributed by atoms with E-state index in [0.29, 0.717) is 29.5 Å². The molecule has 1 rings (SSSR count). The molecule has 7 heteroatoms. The lowest BCUT2D eigenvalue weighted by Crippen LogP contribution is -2.48. The first kappa shape index (κ1) is 22.8. The van der Waals surface area contributed by atoms with Crippen LogP contribution in [0.5, 0.6) is 0 Å². The van der Waals surface area contributed by atoms with Gasteiger partial charge in [0.25, 0.3) is 5.91 Å². The summed E-state index contributed by atoms with van der Waals surface area (Å²) in [7, 11) is 1.75. The fraction of sp³-hybridized carbons (Fsp3) is 0.579. The van der Waals surface area contributed by atoms with Crippen molar-refractivity contribution >= 4 is 35.2 Å². The molecule has 0 saturated heterocycles. The van der Waals surface area contributed by atoms with Gasteiger partial charge in [-0.2, -0.15) is 11.8 Å². The summed E-state index contributed by atoms with van der Waals surface area (Å²) in [6.45, 7) is 4.70. The van der Waals surface area contributed by atoms with Crippen molar-refractivity contribution in [3.63, 3.8) is 0 Å². The Kier molecular flexibility index (Phi) is 10.1. The number of hydrogen-bond acceptors (Lipinski definition) is 4. The Labute approximate surface area is 166 Å². The van der Waals surface area contributed by atoms with Gasteiger partial charge in [-0.05, 0) is 42.9 Å². The van der Waals surface area contributed by atoms with Crippen LogP contribution in [-0.2, 0) is 4.79 Å². The van der Waals surface area contributed by atoms with E-state index >= 15 is 0 Å². The Balaban J connectivity index is 2.76. The summed E-state index contributed by atoms with van der Waals surface area (Å²) in [5, 5.41) is 3.21. The number of amides is 2. The molecule has 2 amide bonds. The van der Waals surface area contributed by atoms with Gasteiger partial charge in [-0.1, -0.05) is 37.6 Å². The number of hydrogen-bond donors (Lipinski definition) is 2. The number of carbonyl (C=O) groups is 2. The molecule has 146 valence electrons. The summed E-state index contributed by atoms with van der Waals surface area (Å²) < 4.78 is 0. The van der Waals surface area contributed by atoms with Crippen LogP contribution in [0.3, 0.4) is 0 Å². The van der Waals surface area contributed by atoms with Crippen LogP contribution in [0.15, 0.2) is 24.3 Å². The van der Waals surface area contributed by atoms with E-state index in [4.69, 9.17) is 17.3 Å². The molecule has 0 aromatic heterocycles. The third-order valence-corrected chi connectivity index (χ3v) is 5.34. The molecular formula is C19H30ClN3O2S. The molecule has 0 fully saturated rings. The molecule has 0 aliphatic heterocycles. The molecule has 3 N–H and O–H groups in total. The molecule has 2 unspecified atom stereocenters. The van der Waals surface area contributed by atoms with Crippen LogP contribution in [0.1, 0.15) is 37.0 Å². The number of halogens is 1. The maximum atomic E-state index is 12.8. The highest BCUT2D eigenvalue weighted by Crippen LogP contribution is 2.15. The molecule has 26 heavy (non-hydrogen) atoms. The number of nitrogens with zero attached hydrogens (tertiary/aromatic N) is 1. The average Bonchev–Trinajstić information content (AvgIpc) is 2.62. The molecule has 1 aromatic carbocycles. The Hall–Kier alpha value is -1.24. The van der Waals surface area contributed by atoms with E-state index in [9.17, 15) is 9.59 Å². The molecule has 0 aliphatic rings. The lowest BCUT2D eigenvalue weighted by molar-refractivity contribution is -0.132. The number of nitrogens with one attached hydrogen (secondary N) is 1. The third kappa shape index (κ3) is 7.17. The fourth-order valence-electron chi connectivity index (χ4n) is 2.43. The van der Waals surface area contributed by atoms with Gasteiger partial charge in [0.2, 0.25) is 5.91 Å². The molecule has 0 radical (unpaired) electrons. The highest BCUT2D eigenvalue weighted by atomic mass is 35.5. The maximum absolute atomic E-state index is 12.8. The highest BCUT2D eigenvalue weighted by Gasteiger charge is 2.25. The summed E-state index contributed by atoms with van der Waals surface area (Å²) in [4.78, 5) is 27.0. The van der Waals surface area contributed by atoms with E-state index in [1.165, 1.54) is 0 Å². The second kappa shape index (κ2) is 11.5. The van der Waals surface area contributed by atoms with Crippen LogP contribution in [0, 0.1) is 5.92 Å². The number of benzene rings is 1. The standard InChI is InChI=1S/C19H30ClN3O2S/c1-13(2)16(21)9-11-23(3)19(25)17(10-12-26-4)22-18(24)14-7-5-6-8-15(14)20/h5-8,13,16-17H,9-12,21H2,1-4H3,(H,22,24). The van der Waals surface area contributed by atoms with Crippen molar-refractivity contribution in [1.82, 2.24) is 10.2 Å². The first-order chi connectivity index (χ1) is 12.3. The molecule has 0 bridgehead atoms. The minimum atomic E-state index is -0.577. The van der Waals surface area contributed by atoms with Crippen molar-refractivity contribution in [3.05, 3.63) is 34.9 Å². The topological polar surface area (TPSA) is 75.4 Å². The molecule has 0 saturated carbocycles. The number of rotatable bonds is 10. The first-order valence-corrected chi connectivity index (χ1v) is 10.6. The van der Waals surface area contributed by atoms with Crippen LogP contribution in [0.25, 0.3) is 0 Å². The summed E-state index contributed by atoms with van der Waals surface area (Å²) in [5.41, 5.74) is 6.44. The van der Waals surface area contributed by atoms with E-state index in [1.54, 1.807) is 48.0 Å². The number of likely N-dealkylation sites (N-methyl/N-ethyl adjacent to an activating group) is 1. The zero-order chi connectivity index (χ0) is 19.7. The molecule has 0 aliphatic carbocycles. The quantitative estimate of drug-likeness (QED) is 0.634. The molecule has 2 atom stereocenters. The van der Waals surface area contributed by atoms with E-state index < -0.39 is 6.04 Å².